The van der Waals surface area contributed by atoms with E-state index in [1.54, 1.807) is 11.7 Å². The Bertz CT molecular complexity index is 624. The number of carbonyl (C=O) groups is 1. The van der Waals surface area contributed by atoms with Crippen molar-refractivity contribution in [3.05, 3.63) is 42.2 Å². The lowest BCUT2D eigenvalue weighted by atomic mass is 10.0. The molecule has 1 aromatic carbocycles. The topological polar surface area (TPSA) is 63.1 Å². The predicted molar refractivity (Wildman–Crippen MR) is 84.1 cm³/mol. The second-order valence-corrected chi connectivity index (χ2v) is 5.66. The zero-order valence-electron chi connectivity index (χ0n) is 12.8. The Morgan fingerprint density at radius 3 is 2.86 bits per heavy atom. The number of likely N-dealkylation sites (tertiary alicyclic amines) is 1. The fraction of sp³-hybridized carbons (Fsp3) is 0.438. The van der Waals surface area contributed by atoms with Gasteiger partial charge < -0.3 is 0 Å². The molecular weight excluding hydrogens is 278 g/mol. The molecule has 1 aromatic heterocycles. The van der Waals surface area contributed by atoms with Gasteiger partial charge in [-0.25, -0.2) is 4.68 Å². The van der Waals surface area contributed by atoms with Crippen molar-refractivity contribution in [2.75, 3.05) is 11.9 Å². The fourth-order valence-corrected chi connectivity index (χ4v) is 2.90. The second-order valence-electron chi connectivity index (χ2n) is 5.66. The number of amides is 1. The van der Waals surface area contributed by atoms with Crippen LogP contribution in [0.25, 0.3) is 0 Å². The maximum Gasteiger partial charge on any atom is 0.244 e. The maximum atomic E-state index is 12.6. The van der Waals surface area contributed by atoms with Crippen LogP contribution < -0.4 is 5.32 Å². The van der Waals surface area contributed by atoms with Crippen molar-refractivity contribution < 1.29 is 4.79 Å². The first-order valence-electron chi connectivity index (χ1n) is 7.67. The monoisotopic (exact) mass is 299 g/mol. The number of nitrogens with zero attached hydrogens (tertiary/aromatic N) is 4. The van der Waals surface area contributed by atoms with Gasteiger partial charge in [0.25, 0.3) is 0 Å². The van der Waals surface area contributed by atoms with Crippen LogP contribution in [0.5, 0.6) is 0 Å². The van der Waals surface area contributed by atoms with Crippen molar-refractivity contribution in [2.24, 2.45) is 7.05 Å². The minimum Gasteiger partial charge on any atom is -0.293 e. The summed E-state index contributed by atoms with van der Waals surface area (Å²) in [6.07, 6.45) is 4.55. The average Bonchev–Trinajstić information content (AvgIpc) is 2.94. The zero-order chi connectivity index (χ0) is 15.4. The molecule has 0 radical (unpaired) electrons. The van der Waals surface area contributed by atoms with E-state index in [0.29, 0.717) is 5.95 Å². The molecule has 116 valence electrons. The van der Waals surface area contributed by atoms with E-state index in [4.69, 9.17) is 0 Å². The lowest BCUT2D eigenvalue weighted by Gasteiger charge is -2.34. The van der Waals surface area contributed by atoms with Crippen molar-refractivity contribution in [2.45, 2.75) is 31.8 Å². The first-order chi connectivity index (χ1) is 10.7. The number of hydrogen-bond acceptors (Lipinski definition) is 4. The summed E-state index contributed by atoms with van der Waals surface area (Å²) >= 11 is 0. The quantitative estimate of drug-likeness (QED) is 0.935. The van der Waals surface area contributed by atoms with E-state index >= 15 is 0 Å². The summed E-state index contributed by atoms with van der Waals surface area (Å²) in [5.74, 6) is 0.502. The molecule has 1 N–H and O–H groups in total. The van der Waals surface area contributed by atoms with Crippen LogP contribution in [0.2, 0.25) is 0 Å². The molecule has 1 amide bonds. The normalized spacial score (nSPS) is 19.0. The third kappa shape index (κ3) is 3.33. The number of rotatable bonds is 4. The van der Waals surface area contributed by atoms with Crippen molar-refractivity contribution >= 4 is 11.9 Å². The highest BCUT2D eigenvalue weighted by Crippen LogP contribution is 2.20. The molecule has 2 heterocycles. The number of piperidine rings is 1. The Morgan fingerprint density at radius 2 is 2.14 bits per heavy atom. The maximum absolute atomic E-state index is 12.6. The number of aromatic nitrogens is 3. The van der Waals surface area contributed by atoms with Crippen LogP contribution in [-0.4, -0.2) is 38.2 Å². The van der Waals surface area contributed by atoms with Crippen LogP contribution in [0.3, 0.4) is 0 Å². The highest BCUT2D eigenvalue weighted by atomic mass is 16.2. The van der Waals surface area contributed by atoms with E-state index in [1.165, 1.54) is 11.9 Å². The molecule has 22 heavy (non-hydrogen) atoms. The Hall–Kier alpha value is -2.21. The van der Waals surface area contributed by atoms with E-state index in [9.17, 15) is 4.79 Å². The van der Waals surface area contributed by atoms with Gasteiger partial charge in [0.2, 0.25) is 11.9 Å². The van der Waals surface area contributed by atoms with E-state index < -0.39 is 0 Å². The summed E-state index contributed by atoms with van der Waals surface area (Å²) in [5.41, 5.74) is 1.24. The summed E-state index contributed by atoms with van der Waals surface area (Å²) in [4.78, 5) is 18.9. The first kappa shape index (κ1) is 14.7. The highest BCUT2D eigenvalue weighted by molar-refractivity contribution is 5.93. The van der Waals surface area contributed by atoms with Gasteiger partial charge in [-0.15, -0.1) is 0 Å². The van der Waals surface area contributed by atoms with Gasteiger partial charge in [0.15, 0.2) is 0 Å². The third-order valence-corrected chi connectivity index (χ3v) is 4.09. The van der Waals surface area contributed by atoms with Crippen molar-refractivity contribution in [3.8, 4) is 0 Å². The predicted octanol–water partition coefficient (Wildman–Crippen LogP) is 1.81. The largest absolute Gasteiger partial charge is 0.293 e. The zero-order valence-corrected chi connectivity index (χ0v) is 12.8. The molecule has 2 aromatic rings. The molecule has 1 aliphatic rings. The lowest BCUT2D eigenvalue weighted by Crippen LogP contribution is -2.46. The van der Waals surface area contributed by atoms with Gasteiger partial charge in [-0.1, -0.05) is 36.8 Å². The van der Waals surface area contributed by atoms with Crippen LogP contribution in [0.1, 0.15) is 24.8 Å². The summed E-state index contributed by atoms with van der Waals surface area (Å²) < 4.78 is 1.57. The van der Waals surface area contributed by atoms with Crippen molar-refractivity contribution in [3.63, 3.8) is 0 Å². The molecule has 6 nitrogen and oxygen atoms in total. The van der Waals surface area contributed by atoms with Crippen LogP contribution in [-0.2, 0) is 18.4 Å². The molecule has 1 fully saturated rings. The van der Waals surface area contributed by atoms with E-state index in [-0.39, 0.29) is 11.9 Å². The van der Waals surface area contributed by atoms with Crippen LogP contribution in [0.4, 0.5) is 5.95 Å². The summed E-state index contributed by atoms with van der Waals surface area (Å²) in [6, 6.07) is 10.2. The molecule has 0 aliphatic carbocycles. The van der Waals surface area contributed by atoms with Gasteiger partial charge in [-0.2, -0.15) is 10.1 Å². The van der Waals surface area contributed by atoms with Crippen LogP contribution >= 0.6 is 0 Å². The number of nitrogens with one attached hydrogen (secondary N) is 1. The van der Waals surface area contributed by atoms with Gasteiger partial charge in [0.1, 0.15) is 6.33 Å². The highest BCUT2D eigenvalue weighted by Gasteiger charge is 2.29. The number of hydrogen-bond donors (Lipinski definition) is 1. The molecule has 3 rings (SSSR count). The summed E-state index contributed by atoms with van der Waals surface area (Å²) in [6.45, 7) is 1.75. The number of benzene rings is 1. The van der Waals surface area contributed by atoms with Gasteiger partial charge in [-0.3, -0.25) is 15.0 Å². The molecule has 1 aliphatic heterocycles. The standard InChI is InChI=1S/C16H21N5O/c1-20-16(17-12-18-20)19-15(22)14-9-5-6-10-21(14)11-13-7-3-2-4-8-13/h2-4,7-8,12,14H,5-6,9-11H2,1H3,(H,17,18,19,22)/t14-/m1/s1. The molecular formula is C16H21N5O. The first-order valence-corrected chi connectivity index (χ1v) is 7.67. The average molecular weight is 299 g/mol. The second kappa shape index (κ2) is 6.70. The smallest absolute Gasteiger partial charge is 0.244 e. The summed E-state index contributed by atoms with van der Waals surface area (Å²) in [5, 5.41) is 6.86. The molecule has 0 saturated carbocycles. The SMILES string of the molecule is Cn1ncnc1NC(=O)[C@H]1CCCCN1Cc1ccccc1. The molecule has 0 bridgehead atoms. The Kier molecular flexibility index (Phi) is 4.48. The van der Waals surface area contributed by atoms with E-state index in [1.807, 2.05) is 18.2 Å². The van der Waals surface area contributed by atoms with Crippen LogP contribution in [0.15, 0.2) is 36.7 Å². The molecule has 6 heteroatoms. The molecule has 1 saturated heterocycles. The minimum atomic E-state index is -0.106. The molecule has 0 spiro atoms. The van der Waals surface area contributed by atoms with Crippen LogP contribution in [0, 0.1) is 0 Å². The third-order valence-electron chi connectivity index (χ3n) is 4.09. The lowest BCUT2D eigenvalue weighted by molar-refractivity contribution is -0.122. The number of anilines is 1. The van der Waals surface area contributed by atoms with E-state index in [0.717, 1.165) is 32.4 Å². The number of carbonyl (C=O) groups excluding carboxylic acids is 1. The fourth-order valence-electron chi connectivity index (χ4n) is 2.90. The van der Waals surface area contributed by atoms with Gasteiger partial charge in [0, 0.05) is 13.6 Å². The Balaban J connectivity index is 1.69. The summed E-state index contributed by atoms with van der Waals surface area (Å²) in [7, 11) is 1.77. The number of aryl methyl sites for hydroxylation is 1. The molecule has 1 atom stereocenters. The van der Waals surface area contributed by atoms with E-state index in [2.05, 4.69) is 32.4 Å². The van der Waals surface area contributed by atoms with Gasteiger partial charge in [-0.05, 0) is 24.9 Å². The Labute approximate surface area is 130 Å². The van der Waals surface area contributed by atoms with Crippen molar-refractivity contribution in [1.29, 1.82) is 0 Å². The molecule has 0 unspecified atom stereocenters. The Morgan fingerprint density at radius 1 is 1.32 bits per heavy atom. The minimum absolute atomic E-state index is 0.00623. The van der Waals surface area contributed by atoms with Gasteiger partial charge in [0.05, 0.1) is 6.04 Å². The van der Waals surface area contributed by atoms with Gasteiger partial charge >= 0.3 is 0 Å². The van der Waals surface area contributed by atoms with Crippen molar-refractivity contribution in [1.82, 2.24) is 19.7 Å².